The van der Waals surface area contributed by atoms with Gasteiger partial charge in [0.05, 0.1) is 12.2 Å². The molecule has 1 rings (SSSR count). The molecule has 0 fully saturated rings. The minimum absolute atomic E-state index is 0.636. The van der Waals surface area contributed by atoms with Gasteiger partial charge in [0, 0.05) is 5.56 Å². The lowest BCUT2D eigenvalue weighted by atomic mass is 10.1. The van der Waals surface area contributed by atoms with Crippen molar-refractivity contribution in [1.82, 2.24) is 0 Å². The van der Waals surface area contributed by atoms with Gasteiger partial charge in [-0.2, -0.15) is 0 Å². The molecule has 72 valence electrons. The Labute approximate surface area is 71.6 Å². The van der Waals surface area contributed by atoms with Crippen molar-refractivity contribution >= 4 is 0 Å². The number of aliphatic hydroxyl groups is 1. The zero-order valence-electron chi connectivity index (χ0n) is 6.67. The first kappa shape index (κ1) is 9.98. The van der Waals surface area contributed by atoms with Gasteiger partial charge in [-0.25, -0.2) is 17.6 Å². The summed E-state index contributed by atoms with van der Waals surface area (Å²) in [6.07, 6.45) is 0. The third kappa shape index (κ3) is 1.39. The van der Waals surface area contributed by atoms with Crippen LogP contribution in [0.2, 0.25) is 0 Å². The quantitative estimate of drug-likeness (QED) is 0.412. The number of halogens is 4. The van der Waals surface area contributed by atoms with Crippen LogP contribution in [0.4, 0.5) is 17.6 Å². The van der Waals surface area contributed by atoms with Gasteiger partial charge in [0.2, 0.25) is 0 Å². The van der Waals surface area contributed by atoms with E-state index in [1.807, 2.05) is 0 Å². The van der Waals surface area contributed by atoms with Crippen molar-refractivity contribution in [1.29, 1.82) is 0 Å². The van der Waals surface area contributed by atoms with Gasteiger partial charge in [-0.15, -0.1) is 0 Å². The lowest BCUT2D eigenvalue weighted by Gasteiger charge is -2.06. The van der Waals surface area contributed by atoms with Crippen molar-refractivity contribution in [2.75, 3.05) is 0 Å². The Bertz CT molecular complexity index is 319. The fourth-order valence-corrected chi connectivity index (χ4v) is 0.951. The zero-order chi connectivity index (χ0) is 10.2. The molecule has 0 bridgehead atoms. The number of hydrogen-bond acceptors (Lipinski definition) is 1. The molecule has 0 aromatic heterocycles. The monoisotopic (exact) mass is 194 g/mol. The van der Waals surface area contributed by atoms with Crippen LogP contribution in [0, 0.1) is 30.2 Å². The van der Waals surface area contributed by atoms with Crippen LogP contribution in [0.3, 0.4) is 0 Å². The van der Waals surface area contributed by atoms with Crippen LogP contribution in [-0.4, -0.2) is 5.11 Å². The van der Waals surface area contributed by atoms with Crippen molar-refractivity contribution < 1.29 is 22.7 Å². The SMILES string of the molecule is Cc1c(F)c(F)c(F)c(CO)c1F. The summed E-state index contributed by atoms with van der Waals surface area (Å²) in [5.74, 6) is -6.25. The molecule has 5 heteroatoms. The van der Waals surface area contributed by atoms with E-state index >= 15 is 0 Å². The van der Waals surface area contributed by atoms with Crippen LogP contribution < -0.4 is 0 Å². The highest BCUT2D eigenvalue weighted by atomic mass is 19.2. The van der Waals surface area contributed by atoms with Crippen LogP contribution in [0.15, 0.2) is 0 Å². The molecule has 0 heterocycles. The second kappa shape index (κ2) is 3.33. The first-order chi connectivity index (χ1) is 6.00. The summed E-state index contributed by atoms with van der Waals surface area (Å²) in [5.41, 5.74) is -1.49. The van der Waals surface area contributed by atoms with Gasteiger partial charge < -0.3 is 5.11 Å². The highest BCUT2D eigenvalue weighted by Crippen LogP contribution is 2.23. The Hall–Kier alpha value is -1.10. The number of rotatable bonds is 1. The lowest BCUT2D eigenvalue weighted by Crippen LogP contribution is -2.05. The Morgan fingerprint density at radius 3 is 1.92 bits per heavy atom. The van der Waals surface area contributed by atoms with Gasteiger partial charge in [0.1, 0.15) is 5.82 Å². The Balaban J connectivity index is 3.56. The maximum absolute atomic E-state index is 12.9. The van der Waals surface area contributed by atoms with Crippen LogP contribution in [0.1, 0.15) is 11.1 Å². The fraction of sp³-hybridized carbons (Fsp3) is 0.250. The molecule has 0 spiro atoms. The molecule has 0 saturated heterocycles. The van der Waals surface area contributed by atoms with Gasteiger partial charge in [0.25, 0.3) is 0 Å². The van der Waals surface area contributed by atoms with Crippen molar-refractivity contribution in [3.05, 3.63) is 34.4 Å². The Morgan fingerprint density at radius 2 is 1.46 bits per heavy atom. The molecule has 0 radical (unpaired) electrons. The number of hydrogen-bond donors (Lipinski definition) is 1. The van der Waals surface area contributed by atoms with E-state index in [4.69, 9.17) is 5.11 Å². The summed E-state index contributed by atoms with van der Waals surface area (Å²) in [5, 5.41) is 8.47. The summed E-state index contributed by atoms with van der Waals surface area (Å²) >= 11 is 0. The molecule has 0 aliphatic heterocycles. The van der Waals surface area contributed by atoms with E-state index in [0.717, 1.165) is 6.92 Å². The summed E-state index contributed by atoms with van der Waals surface area (Å²) in [4.78, 5) is 0. The van der Waals surface area contributed by atoms with Gasteiger partial charge in [-0.3, -0.25) is 0 Å². The van der Waals surface area contributed by atoms with Crippen molar-refractivity contribution in [3.8, 4) is 0 Å². The largest absolute Gasteiger partial charge is 0.391 e. The number of aliphatic hydroxyl groups excluding tert-OH is 1. The van der Waals surface area contributed by atoms with Crippen LogP contribution in [-0.2, 0) is 6.61 Å². The molecule has 0 amide bonds. The second-order valence-electron chi connectivity index (χ2n) is 2.52. The molecule has 0 aliphatic carbocycles. The van der Waals surface area contributed by atoms with E-state index in [1.54, 1.807) is 0 Å². The summed E-state index contributed by atoms with van der Waals surface area (Å²) in [7, 11) is 0. The molecule has 0 aliphatic rings. The van der Waals surface area contributed by atoms with E-state index in [9.17, 15) is 17.6 Å². The van der Waals surface area contributed by atoms with E-state index in [2.05, 4.69) is 0 Å². The first-order valence-corrected chi connectivity index (χ1v) is 3.43. The fourth-order valence-electron chi connectivity index (χ4n) is 0.951. The topological polar surface area (TPSA) is 20.2 Å². The second-order valence-corrected chi connectivity index (χ2v) is 2.52. The highest BCUT2D eigenvalue weighted by Gasteiger charge is 2.21. The van der Waals surface area contributed by atoms with E-state index in [1.165, 1.54) is 0 Å². The minimum atomic E-state index is -1.76. The molecule has 1 aromatic rings. The van der Waals surface area contributed by atoms with Crippen molar-refractivity contribution in [2.24, 2.45) is 0 Å². The lowest BCUT2D eigenvalue weighted by molar-refractivity contribution is 0.263. The van der Waals surface area contributed by atoms with Gasteiger partial charge in [-0.05, 0) is 6.92 Å². The molecule has 1 aromatic carbocycles. The van der Waals surface area contributed by atoms with E-state index < -0.39 is 41.0 Å². The maximum atomic E-state index is 12.9. The molecular formula is C8H6F4O. The Morgan fingerprint density at radius 1 is 0.923 bits per heavy atom. The Kier molecular flexibility index (Phi) is 2.56. The normalized spacial score (nSPS) is 10.6. The molecule has 1 nitrogen and oxygen atoms in total. The van der Waals surface area contributed by atoms with Gasteiger partial charge in [-0.1, -0.05) is 0 Å². The average molecular weight is 194 g/mol. The predicted molar refractivity (Wildman–Crippen MR) is 36.9 cm³/mol. The summed E-state index contributed by atoms with van der Waals surface area (Å²) in [6.45, 7) is -0.0396. The highest BCUT2D eigenvalue weighted by molar-refractivity contribution is 5.28. The molecule has 13 heavy (non-hydrogen) atoms. The molecule has 1 N–H and O–H groups in total. The first-order valence-electron chi connectivity index (χ1n) is 3.43. The molecular weight excluding hydrogens is 188 g/mol. The van der Waals surface area contributed by atoms with Crippen LogP contribution in [0.5, 0.6) is 0 Å². The van der Waals surface area contributed by atoms with Gasteiger partial charge in [0.15, 0.2) is 17.5 Å². The smallest absolute Gasteiger partial charge is 0.195 e. The molecule has 0 saturated carbocycles. The van der Waals surface area contributed by atoms with Crippen LogP contribution in [0.25, 0.3) is 0 Å². The minimum Gasteiger partial charge on any atom is -0.391 e. The third-order valence-corrected chi connectivity index (χ3v) is 1.73. The van der Waals surface area contributed by atoms with E-state index in [-0.39, 0.29) is 0 Å². The standard InChI is InChI=1S/C8H6F4O/c1-3-5(9)4(2-13)7(11)8(12)6(3)10/h13H,2H2,1H3. The van der Waals surface area contributed by atoms with Gasteiger partial charge >= 0.3 is 0 Å². The predicted octanol–water partition coefficient (Wildman–Crippen LogP) is 2.04. The molecule has 0 unspecified atom stereocenters. The van der Waals surface area contributed by atoms with Crippen LogP contribution >= 0.6 is 0 Å². The zero-order valence-corrected chi connectivity index (χ0v) is 6.67. The van der Waals surface area contributed by atoms with Crippen molar-refractivity contribution in [2.45, 2.75) is 13.5 Å². The van der Waals surface area contributed by atoms with Crippen molar-refractivity contribution in [3.63, 3.8) is 0 Å². The summed E-state index contributed by atoms with van der Waals surface area (Å²) < 4.78 is 50.8. The average Bonchev–Trinajstić information content (AvgIpc) is 2.13. The summed E-state index contributed by atoms with van der Waals surface area (Å²) in [6, 6.07) is 0. The molecule has 0 atom stereocenters. The third-order valence-electron chi connectivity index (χ3n) is 1.73. The number of benzene rings is 1. The van der Waals surface area contributed by atoms with E-state index in [0.29, 0.717) is 0 Å². The maximum Gasteiger partial charge on any atom is 0.195 e.